The van der Waals surface area contributed by atoms with Crippen LogP contribution in [0.15, 0.2) is 53.0 Å². The van der Waals surface area contributed by atoms with Crippen molar-refractivity contribution < 1.29 is 33.1 Å². The molecule has 1 aromatic carbocycles. The van der Waals surface area contributed by atoms with Crippen LogP contribution in [-0.2, 0) is 19.1 Å². The van der Waals surface area contributed by atoms with E-state index in [1.54, 1.807) is 57.2 Å². The predicted molar refractivity (Wildman–Crippen MR) is 131 cm³/mol. The molecule has 10 heteroatoms. The summed E-state index contributed by atoms with van der Waals surface area (Å²) in [6, 6.07) is 12.3. The van der Waals surface area contributed by atoms with Gasteiger partial charge >= 0.3 is 11.9 Å². The first-order chi connectivity index (χ1) is 16.8. The summed E-state index contributed by atoms with van der Waals surface area (Å²) in [5, 5.41) is 5.42. The van der Waals surface area contributed by atoms with Crippen molar-refractivity contribution in [2.24, 2.45) is 0 Å². The second kappa shape index (κ2) is 11.8. The van der Waals surface area contributed by atoms with Gasteiger partial charge in [-0.15, -0.1) is 11.3 Å². The normalized spacial score (nSPS) is 10.7. The number of benzene rings is 1. The summed E-state index contributed by atoms with van der Waals surface area (Å²) >= 11 is 0.928. The molecule has 0 bridgehead atoms. The van der Waals surface area contributed by atoms with E-state index in [9.17, 15) is 19.2 Å². The number of carbonyl (C=O) groups excluding carboxylic acids is 4. The molecule has 0 saturated heterocycles. The van der Waals surface area contributed by atoms with Crippen LogP contribution in [-0.4, -0.2) is 37.0 Å². The van der Waals surface area contributed by atoms with Crippen LogP contribution >= 0.6 is 11.3 Å². The van der Waals surface area contributed by atoms with E-state index in [0.717, 1.165) is 17.4 Å². The number of para-hydroxylation sites is 1. The third kappa shape index (κ3) is 6.90. The summed E-state index contributed by atoms with van der Waals surface area (Å²) in [5.74, 6) is -1.37. The van der Waals surface area contributed by atoms with Gasteiger partial charge < -0.3 is 24.5 Å². The van der Waals surface area contributed by atoms with Crippen LogP contribution in [0.1, 0.15) is 44.0 Å². The number of hydrogen-bond donors (Lipinski definition) is 2. The Labute approximate surface area is 205 Å². The molecule has 0 saturated carbocycles. The molecule has 0 fully saturated rings. The lowest BCUT2D eigenvalue weighted by Gasteiger charge is -2.07. The van der Waals surface area contributed by atoms with Crippen LogP contribution in [0.4, 0.5) is 10.7 Å². The Hall–Kier alpha value is -4.18. The molecule has 2 amide bonds. The van der Waals surface area contributed by atoms with Gasteiger partial charge in [-0.25, -0.2) is 9.59 Å². The summed E-state index contributed by atoms with van der Waals surface area (Å²) in [5.41, 5.74) is 1.02. The Balaban J connectivity index is 1.70. The molecule has 0 aliphatic carbocycles. The molecular weight excluding hydrogens is 472 g/mol. The minimum absolute atomic E-state index is 0.0721. The number of ether oxygens (including phenoxy) is 2. The van der Waals surface area contributed by atoms with Gasteiger partial charge in [0.05, 0.1) is 17.0 Å². The van der Waals surface area contributed by atoms with Crippen molar-refractivity contribution in [1.29, 1.82) is 0 Å². The average molecular weight is 497 g/mol. The highest BCUT2D eigenvalue weighted by Crippen LogP contribution is 2.34. The van der Waals surface area contributed by atoms with Gasteiger partial charge in [-0.05, 0) is 56.7 Å². The Bertz CT molecular complexity index is 1260. The zero-order valence-corrected chi connectivity index (χ0v) is 20.2. The molecule has 0 aliphatic rings. The molecule has 0 radical (unpaired) electrons. The van der Waals surface area contributed by atoms with Gasteiger partial charge in [0.15, 0.2) is 6.61 Å². The highest BCUT2D eigenvalue weighted by molar-refractivity contribution is 7.19. The minimum Gasteiger partial charge on any atom is -0.462 e. The molecule has 2 aromatic heterocycles. The highest BCUT2D eigenvalue weighted by Gasteiger charge is 2.27. The third-order valence-corrected chi connectivity index (χ3v) is 5.81. The molecule has 9 nitrogen and oxygen atoms in total. The Kier molecular flexibility index (Phi) is 8.58. The van der Waals surface area contributed by atoms with E-state index in [1.165, 1.54) is 6.08 Å². The number of thiophene rings is 1. The van der Waals surface area contributed by atoms with Gasteiger partial charge in [0.25, 0.3) is 11.8 Å². The maximum atomic E-state index is 12.8. The zero-order chi connectivity index (χ0) is 25.4. The fraction of sp³-hybridized carbons (Fsp3) is 0.200. The number of amides is 2. The number of aryl methyl sites for hydroxylation is 1. The summed E-state index contributed by atoms with van der Waals surface area (Å²) < 4.78 is 15.4. The summed E-state index contributed by atoms with van der Waals surface area (Å²) in [6.45, 7) is 4.54. The molecule has 3 rings (SSSR count). The smallest absolute Gasteiger partial charge is 0.341 e. The maximum absolute atomic E-state index is 12.8. The Morgan fingerprint density at radius 2 is 1.74 bits per heavy atom. The summed E-state index contributed by atoms with van der Waals surface area (Å²) in [7, 11) is 0. The number of carbonyl (C=O) groups is 4. The first-order valence-electron chi connectivity index (χ1n) is 10.7. The molecular formula is C25H24N2O7S. The van der Waals surface area contributed by atoms with Crippen LogP contribution in [0, 0.1) is 13.8 Å². The number of anilines is 2. The van der Waals surface area contributed by atoms with Gasteiger partial charge in [0, 0.05) is 11.8 Å². The lowest BCUT2D eigenvalue weighted by atomic mass is 10.1. The molecule has 3 aromatic rings. The van der Waals surface area contributed by atoms with E-state index in [0.29, 0.717) is 22.8 Å². The van der Waals surface area contributed by atoms with Gasteiger partial charge in [-0.3, -0.25) is 9.59 Å². The molecule has 2 heterocycles. The standard InChI is InChI=1S/C25H24N2O7S/c1-4-32-25(31)21-16(3)22(23(30)26-17-8-6-5-7-9-17)35-24(21)27-19(28)14-33-20(29)13-12-18-11-10-15(2)34-18/h5-13H,4,14H2,1-3H3,(H,26,30)(H,27,28)/b13-12+. The van der Waals surface area contributed by atoms with Crippen LogP contribution in [0.2, 0.25) is 0 Å². The van der Waals surface area contributed by atoms with Gasteiger partial charge in [0.1, 0.15) is 16.5 Å². The lowest BCUT2D eigenvalue weighted by Crippen LogP contribution is -2.21. The topological polar surface area (TPSA) is 124 Å². The highest BCUT2D eigenvalue weighted by atomic mass is 32.1. The van der Waals surface area contributed by atoms with Crippen molar-refractivity contribution >= 4 is 51.9 Å². The summed E-state index contributed by atoms with van der Waals surface area (Å²) in [6.07, 6.45) is 2.56. The second-order valence-electron chi connectivity index (χ2n) is 7.24. The predicted octanol–water partition coefficient (Wildman–Crippen LogP) is 4.58. The van der Waals surface area contributed by atoms with E-state index in [-0.39, 0.29) is 22.0 Å². The molecule has 35 heavy (non-hydrogen) atoms. The average Bonchev–Trinajstić information content (AvgIpc) is 3.39. The van der Waals surface area contributed by atoms with Crippen molar-refractivity contribution in [3.8, 4) is 0 Å². The number of nitrogens with one attached hydrogen (secondary N) is 2. The van der Waals surface area contributed by atoms with E-state index >= 15 is 0 Å². The Morgan fingerprint density at radius 1 is 1.00 bits per heavy atom. The van der Waals surface area contributed by atoms with E-state index in [1.807, 2.05) is 6.07 Å². The number of hydrogen-bond acceptors (Lipinski definition) is 8. The van der Waals surface area contributed by atoms with E-state index in [2.05, 4.69) is 10.6 Å². The molecule has 0 unspecified atom stereocenters. The summed E-state index contributed by atoms with van der Waals surface area (Å²) in [4.78, 5) is 49.9. The molecule has 0 aliphatic heterocycles. The fourth-order valence-electron chi connectivity index (χ4n) is 3.02. The monoisotopic (exact) mass is 496 g/mol. The van der Waals surface area contributed by atoms with Crippen LogP contribution in [0.5, 0.6) is 0 Å². The SMILES string of the molecule is CCOC(=O)c1c(NC(=O)COC(=O)/C=C/c2ccc(C)o2)sc(C(=O)Nc2ccccc2)c1C. The first kappa shape index (κ1) is 25.4. The van der Waals surface area contributed by atoms with Crippen LogP contribution in [0.3, 0.4) is 0 Å². The fourth-order valence-corrected chi connectivity index (χ4v) is 4.12. The Morgan fingerprint density at radius 3 is 2.40 bits per heavy atom. The van der Waals surface area contributed by atoms with Crippen molar-refractivity contribution in [2.75, 3.05) is 23.8 Å². The molecule has 0 atom stereocenters. The third-order valence-electron chi connectivity index (χ3n) is 4.61. The molecule has 182 valence electrons. The van der Waals surface area contributed by atoms with Crippen LogP contribution in [0.25, 0.3) is 6.08 Å². The lowest BCUT2D eigenvalue weighted by molar-refractivity contribution is -0.142. The molecule has 0 spiro atoms. The van der Waals surface area contributed by atoms with E-state index in [4.69, 9.17) is 13.9 Å². The van der Waals surface area contributed by atoms with Gasteiger partial charge in [-0.1, -0.05) is 18.2 Å². The van der Waals surface area contributed by atoms with Gasteiger partial charge in [-0.2, -0.15) is 0 Å². The van der Waals surface area contributed by atoms with Crippen molar-refractivity contribution in [1.82, 2.24) is 0 Å². The van der Waals surface area contributed by atoms with Crippen molar-refractivity contribution in [3.63, 3.8) is 0 Å². The number of furan rings is 1. The van der Waals surface area contributed by atoms with Crippen molar-refractivity contribution in [2.45, 2.75) is 20.8 Å². The maximum Gasteiger partial charge on any atom is 0.341 e. The quantitative estimate of drug-likeness (QED) is 0.328. The van der Waals surface area contributed by atoms with E-state index < -0.39 is 30.4 Å². The van der Waals surface area contributed by atoms with Gasteiger partial charge in [0.2, 0.25) is 0 Å². The van der Waals surface area contributed by atoms with Crippen molar-refractivity contribution in [3.05, 3.63) is 76.1 Å². The van der Waals surface area contributed by atoms with Crippen LogP contribution < -0.4 is 10.6 Å². The number of rotatable bonds is 9. The second-order valence-corrected chi connectivity index (χ2v) is 8.26. The number of esters is 2. The first-order valence-corrected chi connectivity index (χ1v) is 11.5. The zero-order valence-electron chi connectivity index (χ0n) is 19.4. The molecule has 2 N–H and O–H groups in total. The minimum atomic E-state index is -0.745. The largest absolute Gasteiger partial charge is 0.462 e.